The molecule has 0 saturated heterocycles. The fourth-order valence-electron chi connectivity index (χ4n) is 2.28. The molecule has 0 amide bonds. The molecule has 0 aliphatic heterocycles. The number of nitrogens with zero attached hydrogens (tertiary/aromatic N) is 1. The van der Waals surface area contributed by atoms with E-state index in [2.05, 4.69) is 0 Å². The molecule has 2 aromatic rings. The lowest BCUT2D eigenvalue weighted by atomic mass is 10.2. The third kappa shape index (κ3) is 5.60. The third-order valence-electron chi connectivity index (χ3n) is 3.61. The minimum Gasteiger partial charge on any atom is -0.493 e. The Morgan fingerprint density at radius 2 is 1.39 bits per heavy atom. The smallest absolute Gasteiger partial charge is 0.336 e. The molecule has 0 aromatic heterocycles. The number of rotatable bonds is 8. The van der Waals surface area contributed by atoms with Gasteiger partial charge in [0.2, 0.25) is 6.20 Å². The summed E-state index contributed by atoms with van der Waals surface area (Å²) in [6.07, 6.45) is 4.96. The first-order chi connectivity index (χ1) is 13.5. The van der Waals surface area contributed by atoms with Crippen molar-refractivity contribution in [3.8, 4) is 23.0 Å². The van der Waals surface area contributed by atoms with Crippen LogP contribution in [0.3, 0.4) is 0 Å². The fraction of sp³-hybridized carbons (Fsp3) is 0.150. The van der Waals surface area contributed by atoms with Gasteiger partial charge in [-0.05, 0) is 41.5 Å². The summed E-state index contributed by atoms with van der Waals surface area (Å²) >= 11 is 0. The summed E-state index contributed by atoms with van der Waals surface area (Å²) in [7, 11) is 4.47. The van der Waals surface area contributed by atoms with Crippen molar-refractivity contribution in [3.63, 3.8) is 0 Å². The molecular formula is C20H19NO7. The quantitative estimate of drug-likeness (QED) is 0.225. The lowest BCUT2D eigenvalue weighted by Gasteiger charge is -2.09. The van der Waals surface area contributed by atoms with E-state index in [4.69, 9.17) is 18.9 Å². The Balaban J connectivity index is 2.12. The Morgan fingerprint density at radius 1 is 0.857 bits per heavy atom. The zero-order valence-corrected chi connectivity index (χ0v) is 15.6. The van der Waals surface area contributed by atoms with Gasteiger partial charge in [0, 0.05) is 12.2 Å². The van der Waals surface area contributed by atoms with Gasteiger partial charge in [-0.3, -0.25) is 10.1 Å². The third-order valence-corrected chi connectivity index (χ3v) is 3.61. The van der Waals surface area contributed by atoms with Crippen LogP contribution in [0, 0.1) is 10.1 Å². The molecule has 0 spiro atoms. The second-order valence-corrected chi connectivity index (χ2v) is 5.38. The number of benzene rings is 2. The van der Waals surface area contributed by atoms with Gasteiger partial charge in [-0.25, -0.2) is 4.79 Å². The van der Waals surface area contributed by atoms with E-state index in [1.165, 1.54) is 45.6 Å². The number of nitro groups is 1. The number of ether oxygens (including phenoxy) is 4. The van der Waals surface area contributed by atoms with E-state index < -0.39 is 10.9 Å². The van der Waals surface area contributed by atoms with Crippen LogP contribution in [0.15, 0.2) is 48.7 Å². The number of hydrogen-bond acceptors (Lipinski definition) is 7. The molecule has 2 aromatic carbocycles. The standard InChI is InChI=1S/C20H19NO7/c1-25-16-7-4-14(12-18(16)26-2)6-9-20(22)28-17-8-5-15(10-11-21(23)24)13-19(17)27-3/h4-13H,1-3H3/b9-6+,11-10+. The van der Waals surface area contributed by atoms with Crippen molar-refractivity contribution < 1.29 is 28.7 Å². The highest BCUT2D eigenvalue weighted by Gasteiger charge is 2.09. The maximum absolute atomic E-state index is 12.1. The van der Waals surface area contributed by atoms with Crippen molar-refractivity contribution >= 4 is 18.1 Å². The van der Waals surface area contributed by atoms with Crippen LogP contribution < -0.4 is 18.9 Å². The molecule has 8 nitrogen and oxygen atoms in total. The SMILES string of the molecule is COc1ccc(/C=C/C(=O)Oc2ccc(/C=C/[N+](=O)[O-])cc2OC)cc1OC. The number of hydrogen-bond donors (Lipinski definition) is 0. The van der Waals surface area contributed by atoms with E-state index in [1.807, 2.05) is 0 Å². The van der Waals surface area contributed by atoms with Crippen molar-refractivity contribution in [1.29, 1.82) is 0 Å². The highest BCUT2D eigenvalue weighted by molar-refractivity contribution is 5.89. The fourth-order valence-corrected chi connectivity index (χ4v) is 2.28. The molecule has 0 saturated carbocycles. The van der Waals surface area contributed by atoms with Crippen LogP contribution in [0.2, 0.25) is 0 Å². The van der Waals surface area contributed by atoms with Gasteiger partial charge in [-0.1, -0.05) is 12.1 Å². The molecule has 28 heavy (non-hydrogen) atoms. The minimum absolute atomic E-state index is 0.197. The average molecular weight is 385 g/mol. The maximum Gasteiger partial charge on any atom is 0.336 e. The predicted molar refractivity (Wildman–Crippen MR) is 103 cm³/mol. The first-order valence-electron chi connectivity index (χ1n) is 8.08. The first kappa shape index (κ1) is 20.5. The maximum atomic E-state index is 12.1. The molecule has 0 N–H and O–H groups in total. The topological polar surface area (TPSA) is 97.1 Å². The molecule has 2 rings (SSSR count). The van der Waals surface area contributed by atoms with Gasteiger partial charge in [0.15, 0.2) is 23.0 Å². The monoisotopic (exact) mass is 385 g/mol. The summed E-state index contributed by atoms with van der Waals surface area (Å²) in [6, 6.07) is 9.82. The van der Waals surface area contributed by atoms with Gasteiger partial charge >= 0.3 is 5.97 Å². The highest BCUT2D eigenvalue weighted by Crippen LogP contribution is 2.30. The molecule has 0 unspecified atom stereocenters. The Kier molecular flexibility index (Phi) is 7.15. The molecular weight excluding hydrogens is 366 g/mol. The van der Waals surface area contributed by atoms with Crippen LogP contribution in [0.5, 0.6) is 23.0 Å². The van der Waals surface area contributed by atoms with Crippen molar-refractivity contribution in [3.05, 3.63) is 69.9 Å². The van der Waals surface area contributed by atoms with Gasteiger partial charge in [0.1, 0.15) is 0 Å². The van der Waals surface area contributed by atoms with Crippen molar-refractivity contribution in [2.24, 2.45) is 0 Å². The van der Waals surface area contributed by atoms with Gasteiger partial charge in [-0.15, -0.1) is 0 Å². The summed E-state index contributed by atoms with van der Waals surface area (Å²) in [5, 5.41) is 10.4. The number of carbonyl (C=O) groups is 1. The summed E-state index contributed by atoms with van der Waals surface area (Å²) in [6.45, 7) is 0. The highest BCUT2D eigenvalue weighted by atomic mass is 16.6. The normalized spacial score (nSPS) is 10.8. The van der Waals surface area contributed by atoms with Crippen LogP contribution in [0.4, 0.5) is 0 Å². The van der Waals surface area contributed by atoms with E-state index in [1.54, 1.807) is 30.3 Å². The van der Waals surface area contributed by atoms with Gasteiger partial charge in [0.25, 0.3) is 0 Å². The second kappa shape index (κ2) is 9.77. The summed E-state index contributed by atoms with van der Waals surface area (Å²) in [5.41, 5.74) is 1.26. The van der Waals surface area contributed by atoms with Gasteiger partial charge in [-0.2, -0.15) is 0 Å². The molecule has 0 bridgehead atoms. The van der Waals surface area contributed by atoms with E-state index in [-0.39, 0.29) is 11.5 Å². The molecule has 0 atom stereocenters. The largest absolute Gasteiger partial charge is 0.493 e. The lowest BCUT2D eigenvalue weighted by Crippen LogP contribution is -2.05. The molecule has 8 heteroatoms. The zero-order valence-electron chi connectivity index (χ0n) is 15.6. The molecule has 0 fully saturated rings. The van der Waals surface area contributed by atoms with Crippen molar-refractivity contribution in [2.75, 3.05) is 21.3 Å². The number of carbonyl (C=O) groups excluding carboxylic acids is 1. The minimum atomic E-state index is -0.610. The van der Waals surface area contributed by atoms with Crippen LogP contribution >= 0.6 is 0 Å². The zero-order chi connectivity index (χ0) is 20.5. The van der Waals surface area contributed by atoms with Crippen LogP contribution in [0.25, 0.3) is 12.2 Å². The van der Waals surface area contributed by atoms with Gasteiger partial charge < -0.3 is 18.9 Å². The van der Waals surface area contributed by atoms with E-state index >= 15 is 0 Å². The molecule has 146 valence electrons. The molecule has 0 aliphatic carbocycles. The van der Waals surface area contributed by atoms with Crippen molar-refractivity contribution in [2.45, 2.75) is 0 Å². The number of esters is 1. The summed E-state index contributed by atoms with van der Waals surface area (Å²) in [4.78, 5) is 21.9. The Labute approximate surface area is 161 Å². The molecule has 0 radical (unpaired) electrons. The van der Waals surface area contributed by atoms with Crippen LogP contribution in [-0.4, -0.2) is 32.2 Å². The Morgan fingerprint density at radius 3 is 1.96 bits per heavy atom. The van der Waals surface area contributed by atoms with Gasteiger partial charge in [0.05, 0.1) is 26.3 Å². The average Bonchev–Trinajstić information content (AvgIpc) is 2.71. The van der Waals surface area contributed by atoms with E-state index in [0.717, 1.165) is 11.8 Å². The molecule has 0 heterocycles. The number of methoxy groups -OCH3 is 3. The van der Waals surface area contributed by atoms with Crippen LogP contribution in [-0.2, 0) is 4.79 Å². The lowest BCUT2D eigenvalue weighted by molar-refractivity contribution is -0.400. The first-order valence-corrected chi connectivity index (χ1v) is 8.08. The summed E-state index contributed by atoms with van der Waals surface area (Å²) < 4.78 is 20.8. The van der Waals surface area contributed by atoms with Crippen LogP contribution in [0.1, 0.15) is 11.1 Å². The molecule has 0 aliphatic rings. The predicted octanol–water partition coefficient (Wildman–Crippen LogP) is 3.58. The second-order valence-electron chi connectivity index (χ2n) is 5.38. The summed E-state index contributed by atoms with van der Waals surface area (Å²) in [5.74, 6) is 0.985. The van der Waals surface area contributed by atoms with Crippen molar-refractivity contribution in [1.82, 2.24) is 0 Å². The Hall–Kier alpha value is -3.81. The van der Waals surface area contributed by atoms with E-state index in [0.29, 0.717) is 17.1 Å². The Bertz CT molecular complexity index is 919. The van der Waals surface area contributed by atoms with E-state index in [9.17, 15) is 14.9 Å².